The summed E-state index contributed by atoms with van der Waals surface area (Å²) in [6.45, 7) is 1.06. The van der Waals surface area contributed by atoms with Crippen molar-refractivity contribution in [2.24, 2.45) is 0 Å². The number of hydrogen-bond acceptors (Lipinski definition) is 3. The van der Waals surface area contributed by atoms with Crippen molar-refractivity contribution in [3.05, 3.63) is 34.9 Å². The van der Waals surface area contributed by atoms with Crippen molar-refractivity contribution in [1.29, 1.82) is 0 Å². The minimum Gasteiger partial charge on any atom is -0.480 e. The highest BCUT2D eigenvalue weighted by Gasteiger charge is 2.21. The molecular weight excluding hydrogens is 210 g/mol. The standard InChI is InChI=1S/C11H11NO4/c13-10(14)6-12-4-8-2-1-7(11(15)16)3-9(8)5-12/h1-3H,4-6H2,(H,13,14)(H,15,16). The Bertz CT molecular complexity index is 455. The van der Waals surface area contributed by atoms with Crippen molar-refractivity contribution < 1.29 is 19.8 Å². The van der Waals surface area contributed by atoms with Crippen LogP contribution in [0.25, 0.3) is 0 Å². The molecule has 1 aromatic rings. The van der Waals surface area contributed by atoms with Crippen LogP contribution < -0.4 is 0 Å². The number of aliphatic carboxylic acids is 1. The quantitative estimate of drug-likeness (QED) is 0.788. The molecule has 2 N–H and O–H groups in total. The third kappa shape index (κ3) is 2.04. The van der Waals surface area contributed by atoms with E-state index in [1.165, 1.54) is 0 Å². The second kappa shape index (κ2) is 3.94. The summed E-state index contributed by atoms with van der Waals surface area (Å²) in [6.07, 6.45) is 0. The van der Waals surface area contributed by atoms with E-state index in [0.29, 0.717) is 13.1 Å². The molecule has 1 heterocycles. The molecule has 1 aromatic carbocycles. The predicted octanol–water partition coefficient (Wildman–Crippen LogP) is 0.785. The highest BCUT2D eigenvalue weighted by atomic mass is 16.4. The van der Waals surface area contributed by atoms with Crippen molar-refractivity contribution in [2.75, 3.05) is 6.54 Å². The minimum absolute atomic E-state index is 0.0168. The molecule has 84 valence electrons. The van der Waals surface area contributed by atoms with E-state index in [-0.39, 0.29) is 12.1 Å². The fraction of sp³-hybridized carbons (Fsp3) is 0.273. The number of benzene rings is 1. The Morgan fingerprint density at radius 1 is 1.19 bits per heavy atom. The number of carbonyl (C=O) groups is 2. The Balaban J connectivity index is 2.18. The van der Waals surface area contributed by atoms with Crippen LogP contribution in [0.2, 0.25) is 0 Å². The Morgan fingerprint density at radius 2 is 1.88 bits per heavy atom. The van der Waals surface area contributed by atoms with Crippen LogP contribution >= 0.6 is 0 Å². The smallest absolute Gasteiger partial charge is 0.335 e. The summed E-state index contributed by atoms with van der Waals surface area (Å²) < 4.78 is 0. The number of carboxylic acid groups (broad SMARTS) is 2. The van der Waals surface area contributed by atoms with E-state index in [9.17, 15) is 9.59 Å². The summed E-state index contributed by atoms with van der Waals surface area (Å²) in [7, 11) is 0. The van der Waals surface area contributed by atoms with E-state index in [4.69, 9.17) is 10.2 Å². The van der Waals surface area contributed by atoms with Gasteiger partial charge < -0.3 is 10.2 Å². The SMILES string of the molecule is O=C(O)CN1Cc2ccc(C(=O)O)cc2C1. The van der Waals surface area contributed by atoms with Gasteiger partial charge in [-0.25, -0.2) is 4.79 Å². The molecule has 0 unspecified atom stereocenters. The van der Waals surface area contributed by atoms with Gasteiger partial charge in [0.2, 0.25) is 0 Å². The molecule has 0 saturated heterocycles. The lowest BCUT2D eigenvalue weighted by atomic mass is 10.1. The maximum Gasteiger partial charge on any atom is 0.335 e. The molecule has 5 heteroatoms. The number of nitrogens with zero attached hydrogens (tertiary/aromatic N) is 1. The molecule has 0 spiro atoms. The summed E-state index contributed by atoms with van der Waals surface area (Å²) in [5.74, 6) is -1.83. The highest BCUT2D eigenvalue weighted by molar-refractivity contribution is 5.88. The van der Waals surface area contributed by atoms with Crippen LogP contribution in [0, 0.1) is 0 Å². The van der Waals surface area contributed by atoms with Gasteiger partial charge in [-0.1, -0.05) is 6.07 Å². The van der Waals surface area contributed by atoms with E-state index in [1.807, 2.05) is 0 Å². The zero-order valence-electron chi connectivity index (χ0n) is 8.51. The number of carboxylic acids is 2. The van der Waals surface area contributed by atoms with Gasteiger partial charge >= 0.3 is 11.9 Å². The van der Waals surface area contributed by atoms with Gasteiger partial charge in [-0.05, 0) is 23.3 Å². The zero-order valence-corrected chi connectivity index (χ0v) is 8.51. The first-order chi connectivity index (χ1) is 7.56. The Morgan fingerprint density at radius 3 is 2.50 bits per heavy atom. The van der Waals surface area contributed by atoms with Gasteiger partial charge in [-0.15, -0.1) is 0 Å². The lowest BCUT2D eigenvalue weighted by Gasteiger charge is -2.10. The summed E-state index contributed by atoms with van der Waals surface area (Å²) in [4.78, 5) is 23.1. The molecular formula is C11H11NO4. The fourth-order valence-electron chi connectivity index (χ4n) is 1.90. The molecule has 0 aliphatic carbocycles. The van der Waals surface area contributed by atoms with E-state index in [0.717, 1.165) is 11.1 Å². The van der Waals surface area contributed by atoms with Gasteiger partial charge in [0.05, 0.1) is 12.1 Å². The molecule has 2 rings (SSSR count). The topological polar surface area (TPSA) is 77.8 Å². The minimum atomic E-state index is -0.959. The van der Waals surface area contributed by atoms with Crippen LogP contribution in [0.1, 0.15) is 21.5 Å². The van der Waals surface area contributed by atoms with Crippen LogP contribution in [0.3, 0.4) is 0 Å². The van der Waals surface area contributed by atoms with Crippen LogP contribution in [-0.2, 0) is 17.9 Å². The van der Waals surface area contributed by atoms with Crippen molar-refractivity contribution in [3.8, 4) is 0 Å². The first-order valence-electron chi connectivity index (χ1n) is 4.85. The molecule has 0 aromatic heterocycles. The molecule has 0 radical (unpaired) electrons. The molecule has 0 fully saturated rings. The second-order valence-corrected chi connectivity index (χ2v) is 3.83. The van der Waals surface area contributed by atoms with E-state index < -0.39 is 11.9 Å². The maximum absolute atomic E-state index is 10.8. The van der Waals surface area contributed by atoms with Crippen LogP contribution in [0.5, 0.6) is 0 Å². The van der Waals surface area contributed by atoms with E-state index in [2.05, 4.69) is 0 Å². The largest absolute Gasteiger partial charge is 0.480 e. The number of fused-ring (bicyclic) bond motifs is 1. The van der Waals surface area contributed by atoms with Crippen LogP contribution in [0.15, 0.2) is 18.2 Å². The van der Waals surface area contributed by atoms with Gasteiger partial charge in [-0.2, -0.15) is 0 Å². The maximum atomic E-state index is 10.8. The van der Waals surface area contributed by atoms with Gasteiger partial charge in [0.1, 0.15) is 0 Å². The molecule has 5 nitrogen and oxygen atoms in total. The third-order valence-corrected chi connectivity index (χ3v) is 2.60. The summed E-state index contributed by atoms with van der Waals surface area (Å²) in [5, 5.41) is 17.5. The second-order valence-electron chi connectivity index (χ2n) is 3.83. The summed E-state index contributed by atoms with van der Waals surface area (Å²) in [6, 6.07) is 4.91. The van der Waals surface area contributed by atoms with E-state index >= 15 is 0 Å². The molecule has 1 aliphatic heterocycles. The summed E-state index contributed by atoms with van der Waals surface area (Å²) in [5.41, 5.74) is 2.16. The molecule has 0 bridgehead atoms. The lowest BCUT2D eigenvalue weighted by molar-refractivity contribution is -0.138. The first kappa shape index (κ1) is 10.6. The van der Waals surface area contributed by atoms with Crippen LogP contribution in [0.4, 0.5) is 0 Å². The lowest BCUT2D eigenvalue weighted by Crippen LogP contribution is -2.24. The van der Waals surface area contributed by atoms with Gasteiger partial charge in [-0.3, -0.25) is 9.69 Å². The average molecular weight is 221 g/mol. The van der Waals surface area contributed by atoms with E-state index in [1.54, 1.807) is 23.1 Å². The van der Waals surface area contributed by atoms with Gasteiger partial charge in [0, 0.05) is 13.1 Å². The van der Waals surface area contributed by atoms with Crippen molar-refractivity contribution in [2.45, 2.75) is 13.1 Å². The Labute approximate surface area is 91.9 Å². The number of rotatable bonds is 3. The first-order valence-corrected chi connectivity index (χ1v) is 4.85. The zero-order chi connectivity index (χ0) is 11.7. The fourth-order valence-corrected chi connectivity index (χ4v) is 1.90. The van der Waals surface area contributed by atoms with Crippen LogP contribution in [-0.4, -0.2) is 33.6 Å². The number of hydrogen-bond donors (Lipinski definition) is 2. The highest BCUT2D eigenvalue weighted by Crippen LogP contribution is 2.23. The molecule has 0 atom stereocenters. The monoisotopic (exact) mass is 221 g/mol. The van der Waals surface area contributed by atoms with Crippen molar-refractivity contribution >= 4 is 11.9 Å². The predicted molar refractivity (Wildman–Crippen MR) is 55.2 cm³/mol. The molecule has 16 heavy (non-hydrogen) atoms. The molecule has 0 saturated carbocycles. The normalized spacial score (nSPS) is 14.8. The Kier molecular flexibility index (Phi) is 2.62. The number of aromatic carboxylic acids is 1. The molecule has 0 amide bonds. The van der Waals surface area contributed by atoms with Gasteiger partial charge in [0.25, 0.3) is 0 Å². The van der Waals surface area contributed by atoms with Gasteiger partial charge in [0.15, 0.2) is 0 Å². The Hall–Kier alpha value is -1.88. The molecule has 1 aliphatic rings. The average Bonchev–Trinajstić information content (AvgIpc) is 2.56. The summed E-state index contributed by atoms with van der Waals surface area (Å²) >= 11 is 0. The third-order valence-electron chi connectivity index (χ3n) is 2.60. The van der Waals surface area contributed by atoms with Crippen molar-refractivity contribution in [3.63, 3.8) is 0 Å². The van der Waals surface area contributed by atoms with Crippen molar-refractivity contribution in [1.82, 2.24) is 4.90 Å².